The van der Waals surface area contributed by atoms with Gasteiger partial charge >= 0.3 is 6.09 Å². The van der Waals surface area contributed by atoms with Crippen molar-refractivity contribution in [1.82, 2.24) is 4.90 Å². The van der Waals surface area contributed by atoms with Crippen LogP contribution in [0.15, 0.2) is 6.07 Å². The number of anilines is 1. The average molecular weight is 386 g/mol. The van der Waals surface area contributed by atoms with E-state index in [4.69, 9.17) is 9.47 Å². The van der Waals surface area contributed by atoms with Gasteiger partial charge in [-0.25, -0.2) is 4.79 Å². The highest BCUT2D eigenvalue weighted by molar-refractivity contribution is 6.01. The van der Waals surface area contributed by atoms with E-state index in [1.807, 2.05) is 38.7 Å². The Labute approximate surface area is 166 Å². The van der Waals surface area contributed by atoms with Crippen LogP contribution in [-0.4, -0.2) is 36.2 Å². The maximum atomic E-state index is 13.1. The molecule has 1 saturated carbocycles. The monoisotopic (exact) mass is 386 g/mol. The molecule has 2 amide bonds. The Balaban J connectivity index is 1.65. The molecule has 28 heavy (non-hydrogen) atoms. The van der Waals surface area contributed by atoms with E-state index in [0.29, 0.717) is 13.1 Å². The number of ether oxygens (including phenoxy) is 2. The van der Waals surface area contributed by atoms with Crippen LogP contribution in [0.25, 0.3) is 0 Å². The Bertz CT molecular complexity index is 836. The van der Waals surface area contributed by atoms with Gasteiger partial charge in [0.25, 0.3) is 0 Å². The van der Waals surface area contributed by atoms with E-state index in [1.54, 1.807) is 12.0 Å². The molecule has 0 atom stereocenters. The standard InChI is InChI=1S/C22H30N2O4/c1-14-16-13-23(20(26)28-21(2,3)4)12-15(16)11-17(18(14)27-5)24-10-6-7-22(8-9-22)19(24)25/h11H,6-10,12-13H2,1-5H3. The topological polar surface area (TPSA) is 59.1 Å². The number of carbonyl (C=O) groups excluding carboxylic acids is 2. The van der Waals surface area contributed by atoms with Crippen molar-refractivity contribution in [1.29, 1.82) is 0 Å². The van der Waals surface area contributed by atoms with Gasteiger partial charge in [0.15, 0.2) is 0 Å². The molecule has 4 rings (SSSR count). The second-order valence-corrected chi connectivity index (χ2v) is 9.37. The summed E-state index contributed by atoms with van der Waals surface area (Å²) in [6, 6.07) is 2.05. The smallest absolute Gasteiger partial charge is 0.410 e. The zero-order chi connectivity index (χ0) is 20.3. The molecular formula is C22H30N2O4. The molecular weight excluding hydrogens is 356 g/mol. The van der Waals surface area contributed by atoms with E-state index in [1.165, 1.54) is 0 Å². The van der Waals surface area contributed by atoms with Crippen LogP contribution in [0.1, 0.15) is 63.1 Å². The molecule has 1 aliphatic carbocycles. The summed E-state index contributed by atoms with van der Waals surface area (Å²) < 4.78 is 11.3. The fraction of sp³-hybridized carbons (Fsp3) is 0.636. The van der Waals surface area contributed by atoms with Gasteiger partial charge in [-0.3, -0.25) is 9.69 Å². The predicted octanol–water partition coefficient (Wildman–Crippen LogP) is 4.16. The molecule has 0 radical (unpaired) electrons. The van der Waals surface area contributed by atoms with Crippen LogP contribution in [0.5, 0.6) is 5.75 Å². The molecule has 6 heteroatoms. The van der Waals surface area contributed by atoms with Crippen molar-refractivity contribution in [2.24, 2.45) is 5.41 Å². The number of benzene rings is 1. The van der Waals surface area contributed by atoms with Crippen molar-refractivity contribution >= 4 is 17.7 Å². The van der Waals surface area contributed by atoms with Gasteiger partial charge in [-0.05, 0) is 76.1 Å². The van der Waals surface area contributed by atoms with Crippen molar-refractivity contribution in [3.8, 4) is 5.75 Å². The second kappa shape index (κ2) is 6.39. The summed E-state index contributed by atoms with van der Waals surface area (Å²) >= 11 is 0. The summed E-state index contributed by atoms with van der Waals surface area (Å²) in [7, 11) is 1.65. The summed E-state index contributed by atoms with van der Waals surface area (Å²) in [5.74, 6) is 0.981. The Hall–Kier alpha value is -2.24. The van der Waals surface area contributed by atoms with Gasteiger partial charge in [-0.1, -0.05) is 0 Å². The third-order valence-corrected chi connectivity index (χ3v) is 6.17. The van der Waals surface area contributed by atoms with Crippen molar-refractivity contribution in [2.45, 2.75) is 72.1 Å². The molecule has 152 valence electrons. The minimum absolute atomic E-state index is 0.126. The quantitative estimate of drug-likeness (QED) is 0.766. The number of methoxy groups -OCH3 is 1. The van der Waals surface area contributed by atoms with Gasteiger partial charge in [0.2, 0.25) is 5.91 Å². The number of nitrogens with zero attached hydrogens (tertiary/aromatic N) is 2. The van der Waals surface area contributed by atoms with Gasteiger partial charge in [0.05, 0.1) is 19.3 Å². The maximum Gasteiger partial charge on any atom is 0.410 e. The molecule has 2 heterocycles. The molecule has 1 saturated heterocycles. The largest absolute Gasteiger partial charge is 0.494 e. The first-order valence-electron chi connectivity index (χ1n) is 10.1. The Morgan fingerprint density at radius 1 is 1.18 bits per heavy atom. The fourth-order valence-electron chi connectivity index (χ4n) is 4.53. The van der Waals surface area contributed by atoms with Crippen LogP contribution >= 0.6 is 0 Å². The zero-order valence-corrected chi connectivity index (χ0v) is 17.6. The lowest BCUT2D eigenvalue weighted by Crippen LogP contribution is -2.42. The summed E-state index contributed by atoms with van der Waals surface area (Å²) in [6.07, 6.45) is 3.72. The molecule has 1 aromatic carbocycles. The first-order valence-corrected chi connectivity index (χ1v) is 10.1. The van der Waals surface area contributed by atoms with Crippen LogP contribution in [-0.2, 0) is 22.6 Å². The Morgan fingerprint density at radius 3 is 2.50 bits per heavy atom. The molecule has 0 aromatic heterocycles. The molecule has 3 aliphatic rings. The lowest BCUT2D eigenvalue weighted by Gasteiger charge is -2.34. The van der Waals surface area contributed by atoms with Gasteiger partial charge in [-0.2, -0.15) is 0 Å². The molecule has 0 N–H and O–H groups in total. The Kier molecular flexibility index (Phi) is 4.36. The van der Waals surface area contributed by atoms with Gasteiger partial charge in [0, 0.05) is 18.5 Å². The predicted molar refractivity (Wildman–Crippen MR) is 106 cm³/mol. The van der Waals surface area contributed by atoms with E-state index >= 15 is 0 Å². The lowest BCUT2D eigenvalue weighted by molar-refractivity contribution is -0.125. The number of fused-ring (bicyclic) bond motifs is 1. The lowest BCUT2D eigenvalue weighted by atomic mass is 9.92. The molecule has 0 unspecified atom stereocenters. The first-order chi connectivity index (χ1) is 13.1. The molecule has 0 bridgehead atoms. The number of carbonyl (C=O) groups is 2. The summed E-state index contributed by atoms with van der Waals surface area (Å²) in [4.78, 5) is 29.3. The van der Waals surface area contributed by atoms with Crippen molar-refractivity contribution < 1.29 is 19.1 Å². The van der Waals surface area contributed by atoms with Crippen molar-refractivity contribution in [3.05, 3.63) is 22.8 Å². The zero-order valence-electron chi connectivity index (χ0n) is 17.6. The summed E-state index contributed by atoms with van der Waals surface area (Å²) in [5, 5.41) is 0. The van der Waals surface area contributed by atoms with Crippen LogP contribution in [0, 0.1) is 12.3 Å². The highest BCUT2D eigenvalue weighted by Crippen LogP contribution is 2.54. The van der Waals surface area contributed by atoms with Crippen molar-refractivity contribution in [2.75, 3.05) is 18.6 Å². The van der Waals surface area contributed by atoms with E-state index in [-0.39, 0.29) is 17.4 Å². The molecule has 1 aromatic rings. The Morgan fingerprint density at radius 2 is 1.89 bits per heavy atom. The van der Waals surface area contributed by atoms with E-state index < -0.39 is 5.60 Å². The normalized spacial score (nSPS) is 20.4. The number of piperidine rings is 1. The highest BCUT2D eigenvalue weighted by Gasteiger charge is 2.53. The average Bonchev–Trinajstić information content (AvgIpc) is 3.24. The minimum Gasteiger partial charge on any atom is -0.494 e. The summed E-state index contributed by atoms with van der Waals surface area (Å²) in [6.45, 7) is 9.36. The summed E-state index contributed by atoms with van der Waals surface area (Å²) in [5.41, 5.74) is 3.37. The maximum absolute atomic E-state index is 13.1. The first kappa shape index (κ1) is 19.1. The molecule has 2 fully saturated rings. The van der Waals surface area contributed by atoms with Crippen molar-refractivity contribution in [3.63, 3.8) is 0 Å². The third-order valence-electron chi connectivity index (χ3n) is 6.17. The molecule has 2 aliphatic heterocycles. The molecule has 6 nitrogen and oxygen atoms in total. The van der Waals surface area contributed by atoms with E-state index in [0.717, 1.165) is 60.4 Å². The van der Waals surface area contributed by atoms with E-state index in [9.17, 15) is 9.59 Å². The molecule has 1 spiro atoms. The highest BCUT2D eigenvalue weighted by atomic mass is 16.6. The fourth-order valence-corrected chi connectivity index (χ4v) is 4.53. The van der Waals surface area contributed by atoms with Gasteiger partial charge in [-0.15, -0.1) is 0 Å². The second-order valence-electron chi connectivity index (χ2n) is 9.37. The number of rotatable bonds is 2. The number of hydrogen-bond donors (Lipinski definition) is 0. The SMILES string of the molecule is COc1c(N2CCCC3(CC3)C2=O)cc2c(c1C)CN(C(=O)OC(C)(C)C)C2. The van der Waals surface area contributed by atoms with Crippen LogP contribution in [0.3, 0.4) is 0 Å². The minimum atomic E-state index is -0.525. The van der Waals surface area contributed by atoms with Gasteiger partial charge < -0.3 is 14.4 Å². The van der Waals surface area contributed by atoms with Crippen LogP contribution in [0.4, 0.5) is 10.5 Å². The van der Waals surface area contributed by atoms with Crippen LogP contribution in [0.2, 0.25) is 0 Å². The third kappa shape index (κ3) is 3.12. The van der Waals surface area contributed by atoms with Gasteiger partial charge in [0.1, 0.15) is 11.4 Å². The van der Waals surface area contributed by atoms with Crippen LogP contribution < -0.4 is 9.64 Å². The number of amides is 2. The number of hydrogen-bond acceptors (Lipinski definition) is 4. The van der Waals surface area contributed by atoms with E-state index in [2.05, 4.69) is 0 Å².